The number of nitriles is 1. The number of unbranched alkanes of at least 4 members (excludes halogenated alkanes) is 1. The Labute approximate surface area is 122 Å². The highest BCUT2D eigenvalue weighted by atomic mass is 14.9. The molecule has 1 aliphatic rings. The Balaban J connectivity index is 2.37. The number of hydrogen-bond donors (Lipinski definition) is 2. The Kier molecular flexibility index (Phi) is 5.43. The first-order chi connectivity index (χ1) is 9.80. The van der Waals surface area contributed by atoms with Gasteiger partial charge in [-0.1, -0.05) is 19.4 Å². The van der Waals surface area contributed by atoms with Gasteiger partial charge in [0.2, 0.25) is 0 Å². The zero-order valence-corrected chi connectivity index (χ0v) is 12.6. The molecule has 3 heteroatoms. The van der Waals surface area contributed by atoms with Crippen LogP contribution in [-0.4, -0.2) is 20.1 Å². The van der Waals surface area contributed by atoms with Crippen LogP contribution in [0.15, 0.2) is 12.1 Å². The van der Waals surface area contributed by atoms with Crippen molar-refractivity contribution in [2.24, 2.45) is 0 Å². The van der Waals surface area contributed by atoms with Gasteiger partial charge in [-0.25, -0.2) is 0 Å². The molecule has 2 rings (SSSR count). The molecule has 0 saturated carbocycles. The highest BCUT2D eigenvalue weighted by Crippen LogP contribution is 2.33. The summed E-state index contributed by atoms with van der Waals surface area (Å²) in [4.78, 5) is 0. The van der Waals surface area contributed by atoms with Crippen molar-refractivity contribution < 1.29 is 0 Å². The minimum atomic E-state index is 0.528. The average Bonchev–Trinajstić information content (AvgIpc) is 2.52. The second kappa shape index (κ2) is 7.31. The summed E-state index contributed by atoms with van der Waals surface area (Å²) in [6.45, 7) is 4.35. The van der Waals surface area contributed by atoms with Crippen LogP contribution in [0.5, 0.6) is 0 Å². The Bertz CT molecular complexity index is 482. The molecule has 1 unspecified atom stereocenters. The van der Waals surface area contributed by atoms with Crippen molar-refractivity contribution in [1.29, 1.82) is 5.26 Å². The predicted molar refractivity (Wildman–Crippen MR) is 84.2 cm³/mol. The first kappa shape index (κ1) is 14.9. The van der Waals surface area contributed by atoms with Gasteiger partial charge in [-0.05, 0) is 55.3 Å². The number of hydrogen-bond acceptors (Lipinski definition) is 3. The van der Waals surface area contributed by atoms with E-state index in [-0.39, 0.29) is 0 Å². The largest absolute Gasteiger partial charge is 0.387 e. The lowest BCUT2D eigenvalue weighted by molar-refractivity contribution is 0.462. The molecule has 1 saturated heterocycles. The summed E-state index contributed by atoms with van der Waals surface area (Å²) < 4.78 is 0. The number of anilines is 1. The number of benzene rings is 1. The fourth-order valence-electron chi connectivity index (χ4n) is 3.06. The molecule has 1 aliphatic heterocycles. The Morgan fingerprint density at radius 1 is 1.45 bits per heavy atom. The van der Waals surface area contributed by atoms with Crippen LogP contribution in [0, 0.1) is 11.3 Å². The van der Waals surface area contributed by atoms with Crippen LogP contribution in [0.2, 0.25) is 0 Å². The molecule has 0 amide bonds. The van der Waals surface area contributed by atoms with E-state index in [9.17, 15) is 5.26 Å². The van der Waals surface area contributed by atoms with Gasteiger partial charge in [-0.15, -0.1) is 0 Å². The van der Waals surface area contributed by atoms with Crippen molar-refractivity contribution in [2.75, 3.05) is 25.5 Å². The summed E-state index contributed by atoms with van der Waals surface area (Å²) in [6, 6.07) is 6.74. The van der Waals surface area contributed by atoms with Gasteiger partial charge < -0.3 is 10.6 Å². The highest BCUT2D eigenvalue weighted by molar-refractivity contribution is 5.65. The molecule has 0 aliphatic carbocycles. The zero-order valence-electron chi connectivity index (χ0n) is 12.6. The molecule has 1 aromatic rings. The van der Waals surface area contributed by atoms with Crippen LogP contribution >= 0.6 is 0 Å². The van der Waals surface area contributed by atoms with Crippen molar-refractivity contribution >= 4 is 5.69 Å². The summed E-state index contributed by atoms with van der Waals surface area (Å²) in [5.41, 5.74) is 4.45. The molecule has 0 radical (unpaired) electrons. The van der Waals surface area contributed by atoms with Gasteiger partial charge in [0.1, 0.15) is 6.07 Å². The van der Waals surface area contributed by atoms with Crippen LogP contribution in [0.1, 0.15) is 55.2 Å². The predicted octanol–water partition coefficient (Wildman–Crippen LogP) is 3.41. The molecular weight excluding hydrogens is 246 g/mol. The molecule has 2 N–H and O–H groups in total. The molecule has 1 aromatic carbocycles. The summed E-state index contributed by atoms with van der Waals surface area (Å²) in [5, 5.41) is 16.1. The first-order valence-electron chi connectivity index (χ1n) is 7.75. The number of aryl methyl sites for hydroxylation is 1. The van der Waals surface area contributed by atoms with E-state index in [1.165, 1.54) is 36.8 Å². The number of nitrogens with one attached hydrogen (secondary N) is 2. The third-order valence-corrected chi connectivity index (χ3v) is 4.15. The molecule has 0 bridgehead atoms. The van der Waals surface area contributed by atoms with Crippen molar-refractivity contribution in [1.82, 2.24) is 5.32 Å². The Hall–Kier alpha value is -1.53. The van der Waals surface area contributed by atoms with Crippen LogP contribution in [0.4, 0.5) is 5.69 Å². The third-order valence-electron chi connectivity index (χ3n) is 4.15. The molecule has 0 spiro atoms. The summed E-state index contributed by atoms with van der Waals surface area (Å²) >= 11 is 0. The number of rotatable bonds is 5. The van der Waals surface area contributed by atoms with Gasteiger partial charge in [0.15, 0.2) is 0 Å². The summed E-state index contributed by atoms with van der Waals surface area (Å²) in [7, 11) is 1.92. The summed E-state index contributed by atoms with van der Waals surface area (Å²) in [5.74, 6) is 0.528. The lowest BCUT2D eigenvalue weighted by Gasteiger charge is -2.26. The molecule has 0 aromatic heterocycles. The maximum absolute atomic E-state index is 9.42. The standard InChI is InChI=1S/C17H25N3/c1-3-4-6-13-9-15(11-18)17(19-2)16(10-13)14-7-5-8-20-12-14/h9-10,14,19-20H,3-8,12H2,1-2H3. The molecule has 1 fully saturated rings. The fourth-order valence-corrected chi connectivity index (χ4v) is 3.06. The minimum absolute atomic E-state index is 0.528. The number of piperidine rings is 1. The molecule has 1 heterocycles. The van der Waals surface area contributed by atoms with Gasteiger partial charge in [0, 0.05) is 13.6 Å². The SMILES string of the molecule is CCCCc1cc(C#N)c(NC)c(C2CCCNC2)c1. The van der Waals surface area contributed by atoms with Gasteiger partial charge in [0.05, 0.1) is 11.3 Å². The van der Waals surface area contributed by atoms with Gasteiger partial charge >= 0.3 is 0 Å². The Morgan fingerprint density at radius 3 is 2.90 bits per heavy atom. The van der Waals surface area contributed by atoms with E-state index < -0.39 is 0 Å². The lowest BCUT2D eigenvalue weighted by Crippen LogP contribution is -2.29. The maximum Gasteiger partial charge on any atom is 0.101 e. The van der Waals surface area contributed by atoms with E-state index >= 15 is 0 Å². The first-order valence-corrected chi connectivity index (χ1v) is 7.75. The van der Waals surface area contributed by atoms with Crippen molar-refractivity contribution in [2.45, 2.75) is 44.9 Å². The second-order valence-corrected chi connectivity index (χ2v) is 5.62. The van der Waals surface area contributed by atoms with Crippen molar-refractivity contribution in [3.05, 3.63) is 28.8 Å². The van der Waals surface area contributed by atoms with E-state index in [0.717, 1.165) is 30.8 Å². The second-order valence-electron chi connectivity index (χ2n) is 5.62. The Morgan fingerprint density at radius 2 is 2.30 bits per heavy atom. The summed E-state index contributed by atoms with van der Waals surface area (Å²) in [6.07, 6.45) is 5.88. The number of nitrogens with zero attached hydrogens (tertiary/aromatic N) is 1. The minimum Gasteiger partial charge on any atom is -0.387 e. The lowest BCUT2D eigenvalue weighted by atomic mass is 9.87. The van der Waals surface area contributed by atoms with Crippen molar-refractivity contribution in [3.63, 3.8) is 0 Å². The van der Waals surface area contributed by atoms with E-state index in [1.807, 2.05) is 7.05 Å². The normalized spacial score (nSPS) is 18.6. The molecule has 3 nitrogen and oxygen atoms in total. The fraction of sp³-hybridized carbons (Fsp3) is 0.588. The highest BCUT2D eigenvalue weighted by Gasteiger charge is 2.20. The van der Waals surface area contributed by atoms with E-state index in [4.69, 9.17) is 0 Å². The van der Waals surface area contributed by atoms with Gasteiger partial charge in [-0.3, -0.25) is 0 Å². The maximum atomic E-state index is 9.42. The van der Waals surface area contributed by atoms with Crippen LogP contribution in [0.3, 0.4) is 0 Å². The molecule has 20 heavy (non-hydrogen) atoms. The van der Waals surface area contributed by atoms with Crippen molar-refractivity contribution in [3.8, 4) is 6.07 Å². The zero-order chi connectivity index (χ0) is 14.4. The van der Waals surface area contributed by atoms with Crippen LogP contribution in [0.25, 0.3) is 0 Å². The molecule has 108 valence electrons. The van der Waals surface area contributed by atoms with Crippen LogP contribution < -0.4 is 10.6 Å². The third kappa shape index (κ3) is 3.32. The topological polar surface area (TPSA) is 47.9 Å². The van der Waals surface area contributed by atoms with Gasteiger partial charge in [-0.2, -0.15) is 5.26 Å². The van der Waals surface area contributed by atoms with E-state index in [0.29, 0.717) is 5.92 Å². The average molecular weight is 271 g/mol. The van der Waals surface area contributed by atoms with E-state index in [1.54, 1.807) is 0 Å². The molecule has 1 atom stereocenters. The van der Waals surface area contributed by atoms with Crippen LogP contribution in [-0.2, 0) is 6.42 Å². The monoisotopic (exact) mass is 271 g/mol. The van der Waals surface area contributed by atoms with E-state index in [2.05, 4.69) is 35.8 Å². The smallest absolute Gasteiger partial charge is 0.101 e. The quantitative estimate of drug-likeness (QED) is 0.862. The molecular formula is C17H25N3. The van der Waals surface area contributed by atoms with Gasteiger partial charge in [0.25, 0.3) is 0 Å².